The highest BCUT2D eigenvalue weighted by atomic mass is 32.1. The highest BCUT2D eigenvalue weighted by Crippen LogP contribution is 2.25. The summed E-state index contributed by atoms with van der Waals surface area (Å²) in [4.78, 5) is 2.88. The zero-order chi connectivity index (χ0) is 14.7. The fraction of sp³-hybridized carbons (Fsp3) is 0.444. The van der Waals surface area contributed by atoms with Crippen molar-refractivity contribution in [1.82, 2.24) is 10.6 Å². The first-order valence-corrected chi connectivity index (χ1v) is 8.64. The van der Waals surface area contributed by atoms with Gasteiger partial charge in [-0.05, 0) is 56.5 Å². The van der Waals surface area contributed by atoms with E-state index in [-0.39, 0.29) is 0 Å². The molecule has 2 nitrogen and oxygen atoms in total. The predicted molar refractivity (Wildman–Crippen MR) is 90.9 cm³/mol. The summed E-state index contributed by atoms with van der Waals surface area (Å²) in [6.07, 6.45) is 2.27. The molecule has 2 heterocycles. The molecule has 0 amide bonds. The van der Waals surface area contributed by atoms with Gasteiger partial charge in [-0.1, -0.05) is 24.3 Å². The van der Waals surface area contributed by atoms with Crippen molar-refractivity contribution in [1.29, 1.82) is 0 Å². The second-order valence-corrected chi connectivity index (χ2v) is 7.37. The highest BCUT2D eigenvalue weighted by Gasteiger charge is 2.19. The molecular weight excluding hydrogens is 276 g/mol. The van der Waals surface area contributed by atoms with Crippen LogP contribution in [0.4, 0.5) is 0 Å². The summed E-state index contributed by atoms with van der Waals surface area (Å²) in [5, 5.41) is 7.36. The molecule has 1 aromatic heterocycles. The van der Waals surface area contributed by atoms with Crippen LogP contribution in [0.25, 0.3) is 0 Å². The Kier molecular flexibility index (Phi) is 4.73. The maximum absolute atomic E-state index is 3.84. The van der Waals surface area contributed by atoms with E-state index < -0.39 is 0 Å². The lowest BCUT2D eigenvalue weighted by molar-refractivity contribution is 0.433. The number of rotatable bonds is 4. The third-order valence-electron chi connectivity index (χ3n) is 4.14. The Morgan fingerprint density at radius 1 is 1.29 bits per heavy atom. The number of fused-ring (bicyclic) bond motifs is 1. The molecule has 0 fully saturated rings. The van der Waals surface area contributed by atoms with E-state index in [0.29, 0.717) is 12.1 Å². The Labute approximate surface area is 131 Å². The zero-order valence-corrected chi connectivity index (χ0v) is 13.7. The van der Waals surface area contributed by atoms with Gasteiger partial charge in [-0.3, -0.25) is 0 Å². The van der Waals surface area contributed by atoms with Crippen LogP contribution in [-0.2, 0) is 13.0 Å². The van der Waals surface area contributed by atoms with Gasteiger partial charge in [0.15, 0.2) is 0 Å². The third kappa shape index (κ3) is 3.73. The topological polar surface area (TPSA) is 24.1 Å². The second-order valence-electron chi connectivity index (χ2n) is 6.00. The minimum absolute atomic E-state index is 0.465. The van der Waals surface area contributed by atoms with Crippen molar-refractivity contribution < 1.29 is 0 Å². The summed E-state index contributed by atoms with van der Waals surface area (Å²) in [6.45, 7) is 6.56. The number of hydrogen-bond donors (Lipinski definition) is 2. The van der Waals surface area contributed by atoms with Crippen molar-refractivity contribution in [2.24, 2.45) is 0 Å². The summed E-state index contributed by atoms with van der Waals surface area (Å²) in [5.74, 6) is 0. The minimum atomic E-state index is 0.465. The van der Waals surface area contributed by atoms with Crippen molar-refractivity contribution in [3.63, 3.8) is 0 Å². The monoisotopic (exact) mass is 300 g/mol. The number of nitrogens with one attached hydrogen (secondary N) is 2. The van der Waals surface area contributed by atoms with Gasteiger partial charge >= 0.3 is 0 Å². The number of benzene rings is 1. The molecule has 2 aromatic rings. The van der Waals surface area contributed by atoms with Gasteiger partial charge in [0.25, 0.3) is 0 Å². The lowest BCUT2D eigenvalue weighted by Crippen LogP contribution is -2.32. The summed E-state index contributed by atoms with van der Waals surface area (Å²) in [5.41, 5.74) is 2.91. The Morgan fingerprint density at radius 3 is 2.95 bits per heavy atom. The first-order chi connectivity index (χ1) is 10.2. The lowest BCUT2D eigenvalue weighted by Gasteiger charge is -2.23. The van der Waals surface area contributed by atoms with Gasteiger partial charge in [0.2, 0.25) is 0 Å². The zero-order valence-electron chi connectivity index (χ0n) is 12.9. The van der Waals surface area contributed by atoms with Crippen molar-refractivity contribution in [3.05, 3.63) is 57.3 Å². The molecule has 0 bridgehead atoms. The van der Waals surface area contributed by atoms with Crippen LogP contribution in [0.3, 0.4) is 0 Å². The highest BCUT2D eigenvalue weighted by molar-refractivity contribution is 7.11. The standard InChI is InChI=1S/C18H24N2S/c1-13(11-16-8-7-14(2)21-16)20-18-9-10-19-12-15-5-3-4-6-17(15)18/h3-8,13,18-20H,9-12H2,1-2H3. The molecule has 0 saturated heterocycles. The Balaban J connectivity index is 1.69. The molecule has 2 atom stereocenters. The summed E-state index contributed by atoms with van der Waals surface area (Å²) >= 11 is 1.92. The SMILES string of the molecule is Cc1ccc(CC(C)NC2CCNCc3ccccc32)s1. The molecule has 1 aliphatic rings. The number of aryl methyl sites for hydroxylation is 1. The van der Waals surface area contributed by atoms with Crippen LogP contribution in [0, 0.1) is 6.92 Å². The van der Waals surface area contributed by atoms with Crippen molar-refractivity contribution in [3.8, 4) is 0 Å². The predicted octanol–water partition coefficient (Wildman–Crippen LogP) is 3.81. The Hall–Kier alpha value is -1.16. The molecule has 0 spiro atoms. The van der Waals surface area contributed by atoms with Gasteiger partial charge in [0.05, 0.1) is 0 Å². The van der Waals surface area contributed by atoms with Gasteiger partial charge < -0.3 is 10.6 Å². The van der Waals surface area contributed by atoms with Crippen LogP contribution in [-0.4, -0.2) is 12.6 Å². The van der Waals surface area contributed by atoms with E-state index in [9.17, 15) is 0 Å². The van der Waals surface area contributed by atoms with E-state index in [1.54, 1.807) is 0 Å². The van der Waals surface area contributed by atoms with Crippen molar-refractivity contribution >= 4 is 11.3 Å². The van der Waals surface area contributed by atoms with Gasteiger partial charge in [0, 0.05) is 28.4 Å². The van der Waals surface area contributed by atoms with Crippen LogP contribution in [0.1, 0.15) is 40.3 Å². The van der Waals surface area contributed by atoms with Gasteiger partial charge in [-0.25, -0.2) is 0 Å². The minimum Gasteiger partial charge on any atom is -0.313 e. The third-order valence-corrected chi connectivity index (χ3v) is 5.17. The van der Waals surface area contributed by atoms with Crippen LogP contribution < -0.4 is 10.6 Å². The van der Waals surface area contributed by atoms with E-state index in [0.717, 1.165) is 25.9 Å². The molecule has 21 heavy (non-hydrogen) atoms. The van der Waals surface area contributed by atoms with E-state index in [4.69, 9.17) is 0 Å². The second kappa shape index (κ2) is 6.73. The average Bonchev–Trinajstić information content (AvgIpc) is 2.77. The van der Waals surface area contributed by atoms with E-state index >= 15 is 0 Å². The molecule has 0 aliphatic carbocycles. The van der Waals surface area contributed by atoms with Gasteiger partial charge in [0.1, 0.15) is 0 Å². The molecule has 0 radical (unpaired) electrons. The smallest absolute Gasteiger partial charge is 0.0337 e. The molecule has 0 saturated carbocycles. The summed E-state index contributed by atoms with van der Waals surface area (Å²) < 4.78 is 0. The normalized spacial score (nSPS) is 19.8. The van der Waals surface area contributed by atoms with E-state index in [1.165, 1.54) is 20.9 Å². The number of hydrogen-bond acceptors (Lipinski definition) is 3. The molecule has 1 aromatic carbocycles. The number of thiophene rings is 1. The molecule has 3 heteroatoms. The molecule has 112 valence electrons. The average molecular weight is 300 g/mol. The molecule has 1 aliphatic heterocycles. The largest absolute Gasteiger partial charge is 0.313 e. The quantitative estimate of drug-likeness (QED) is 0.897. The molecule has 3 rings (SSSR count). The Bertz CT molecular complexity index is 590. The van der Waals surface area contributed by atoms with Gasteiger partial charge in [-0.15, -0.1) is 11.3 Å². The van der Waals surface area contributed by atoms with Crippen molar-refractivity contribution in [2.45, 2.75) is 45.3 Å². The molecule has 2 unspecified atom stereocenters. The fourth-order valence-electron chi connectivity index (χ4n) is 3.13. The van der Waals surface area contributed by atoms with E-state index in [1.807, 2.05) is 11.3 Å². The van der Waals surface area contributed by atoms with Crippen LogP contribution in [0.2, 0.25) is 0 Å². The van der Waals surface area contributed by atoms with Gasteiger partial charge in [-0.2, -0.15) is 0 Å². The maximum atomic E-state index is 3.84. The maximum Gasteiger partial charge on any atom is 0.0337 e. The summed E-state index contributed by atoms with van der Waals surface area (Å²) in [6, 6.07) is 14.3. The van der Waals surface area contributed by atoms with Crippen molar-refractivity contribution in [2.75, 3.05) is 6.54 Å². The van der Waals surface area contributed by atoms with Crippen LogP contribution in [0.5, 0.6) is 0 Å². The molecule has 2 N–H and O–H groups in total. The fourth-order valence-corrected chi connectivity index (χ4v) is 4.15. The lowest BCUT2D eigenvalue weighted by atomic mass is 9.98. The molecular formula is C18H24N2S. The Morgan fingerprint density at radius 2 is 2.14 bits per heavy atom. The van der Waals surface area contributed by atoms with E-state index in [2.05, 4.69) is 60.9 Å². The summed E-state index contributed by atoms with van der Waals surface area (Å²) in [7, 11) is 0. The first kappa shape index (κ1) is 14.8. The van der Waals surface area contributed by atoms with Crippen LogP contribution in [0.15, 0.2) is 36.4 Å². The van der Waals surface area contributed by atoms with Crippen LogP contribution >= 0.6 is 11.3 Å². The first-order valence-electron chi connectivity index (χ1n) is 7.82.